The van der Waals surface area contributed by atoms with Crippen LogP contribution in [0, 0.1) is 0 Å². The van der Waals surface area contributed by atoms with Crippen molar-refractivity contribution in [3.05, 3.63) is 42.2 Å². The lowest BCUT2D eigenvalue weighted by Gasteiger charge is -2.13. The van der Waals surface area contributed by atoms with Gasteiger partial charge in [-0.1, -0.05) is 12.1 Å². The summed E-state index contributed by atoms with van der Waals surface area (Å²) in [4.78, 5) is 10.8. The van der Waals surface area contributed by atoms with E-state index < -0.39 is 5.91 Å². The number of nitrogens with one attached hydrogen (secondary N) is 1. The van der Waals surface area contributed by atoms with Crippen molar-refractivity contribution in [3.8, 4) is 5.75 Å². The maximum absolute atomic E-state index is 10.8. The van der Waals surface area contributed by atoms with E-state index in [1.807, 2.05) is 19.1 Å². The number of rotatable bonds is 5. The van der Waals surface area contributed by atoms with Gasteiger partial charge in [0, 0.05) is 12.2 Å². The van der Waals surface area contributed by atoms with Crippen molar-refractivity contribution >= 4 is 11.6 Å². The monoisotopic (exact) mass is 260 g/mol. The third-order valence-corrected chi connectivity index (χ3v) is 2.73. The molecule has 0 aliphatic rings. The van der Waals surface area contributed by atoms with Gasteiger partial charge >= 0.3 is 0 Å². The van der Waals surface area contributed by atoms with Crippen LogP contribution in [0.25, 0.3) is 0 Å². The fraction of sp³-hybridized carbons (Fsp3) is 0.231. The highest BCUT2D eigenvalue weighted by molar-refractivity contribution is 5.73. The highest BCUT2D eigenvalue weighted by Crippen LogP contribution is 2.20. The van der Waals surface area contributed by atoms with Crippen LogP contribution in [0.4, 0.5) is 5.69 Å². The highest BCUT2D eigenvalue weighted by Gasteiger charge is 2.07. The predicted molar refractivity (Wildman–Crippen MR) is 71.6 cm³/mol. The lowest BCUT2D eigenvalue weighted by molar-refractivity contribution is -0.118. The summed E-state index contributed by atoms with van der Waals surface area (Å²) in [7, 11) is 0. The number of carbonyl (C=O) groups excluding carboxylic acids is 1. The Morgan fingerprint density at radius 2 is 2.16 bits per heavy atom. The zero-order chi connectivity index (χ0) is 13.8. The van der Waals surface area contributed by atoms with E-state index in [9.17, 15) is 9.90 Å². The van der Waals surface area contributed by atoms with E-state index in [0.717, 1.165) is 11.3 Å². The fourth-order valence-corrected chi connectivity index (χ4v) is 1.78. The molecule has 0 aliphatic heterocycles. The topological polar surface area (TPSA) is 93.2 Å². The van der Waals surface area contributed by atoms with Crippen molar-refractivity contribution in [3.63, 3.8) is 0 Å². The Balaban J connectivity index is 2.02. The van der Waals surface area contributed by atoms with E-state index in [4.69, 9.17) is 5.73 Å². The molecule has 4 N–H and O–H groups in total. The Morgan fingerprint density at radius 3 is 2.79 bits per heavy atom. The summed E-state index contributed by atoms with van der Waals surface area (Å²) in [5, 5.41) is 16.5. The molecule has 1 atom stereocenters. The molecule has 100 valence electrons. The average molecular weight is 260 g/mol. The molecule has 19 heavy (non-hydrogen) atoms. The first-order valence-corrected chi connectivity index (χ1v) is 5.91. The zero-order valence-electron chi connectivity index (χ0n) is 10.6. The second-order valence-corrected chi connectivity index (χ2v) is 4.35. The molecule has 6 nitrogen and oxygen atoms in total. The number of amides is 1. The number of phenols is 1. The van der Waals surface area contributed by atoms with Gasteiger partial charge in [-0.05, 0) is 24.6 Å². The Kier molecular flexibility index (Phi) is 3.70. The normalized spacial score (nSPS) is 12.1. The summed E-state index contributed by atoms with van der Waals surface area (Å²) in [6.45, 7) is 2.06. The molecular weight excluding hydrogens is 244 g/mol. The third kappa shape index (κ3) is 3.48. The van der Waals surface area contributed by atoms with Crippen molar-refractivity contribution in [1.29, 1.82) is 0 Å². The van der Waals surface area contributed by atoms with Crippen LogP contribution in [0.1, 0.15) is 18.5 Å². The van der Waals surface area contributed by atoms with Gasteiger partial charge < -0.3 is 16.2 Å². The van der Waals surface area contributed by atoms with Crippen molar-refractivity contribution in [2.24, 2.45) is 5.73 Å². The molecule has 1 heterocycles. The molecule has 1 unspecified atom stereocenters. The Labute approximate surface area is 110 Å². The molecule has 1 aromatic heterocycles. The van der Waals surface area contributed by atoms with Gasteiger partial charge in [0.25, 0.3) is 0 Å². The number of nitrogens with zero attached hydrogens (tertiary/aromatic N) is 2. The van der Waals surface area contributed by atoms with Gasteiger partial charge in [0.15, 0.2) is 0 Å². The Hall–Kier alpha value is -2.50. The second kappa shape index (κ2) is 5.43. The van der Waals surface area contributed by atoms with E-state index >= 15 is 0 Å². The minimum Gasteiger partial charge on any atom is -0.508 e. The SMILES string of the molecule is CC(Nc1cnn(CC(N)=O)c1)c1ccc(O)cc1. The molecule has 0 bridgehead atoms. The Bertz CT molecular complexity index is 562. The summed E-state index contributed by atoms with van der Waals surface area (Å²) < 4.78 is 1.48. The van der Waals surface area contributed by atoms with Crippen molar-refractivity contribution in [2.75, 3.05) is 5.32 Å². The summed E-state index contributed by atoms with van der Waals surface area (Å²) in [5.41, 5.74) is 6.95. The molecule has 2 rings (SSSR count). The van der Waals surface area contributed by atoms with E-state index in [2.05, 4.69) is 10.4 Å². The molecule has 0 fully saturated rings. The number of hydrogen-bond acceptors (Lipinski definition) is 4. The predicted octanol–water partition coefficient (Wildman–Crippen LogP) is 1.25. The van der Waals surface area contributed by atoms with Gasteiger partial charge in [-0.2, -0.15) is 5.10 Å². The molecule has 2 aromatic rings. The largest absolute Gasteiger partial charge is 0.508 e. The second-order valence-electron chi connectivity index (χ2n) is 4.35. The fourth-order valence-electron chi connectivity index (χ4n) is 1.78. The summed E-state index contributed by atoms with van der Waals surface area (Å²) in [6.07, 6.45) is 3.36. The first kappa shape index (κ1) is 12.9. The summed E-state index contributed by atoms with van der Waals surface area (Å²) in [5.74, 6) is -0.188. The molecule has 1 amide bonds. The number of aromatic nitrogens is 2. The van der Waals surface area contributed by atoms with Gasteiger partial charge in [-0.15, -0.1) is 0 Å². The Morgan fingerprint density at radius 1 is 1.47 bits per heavy atom. The smallest absolute Gasteiger partial charge is 0.239 e. The number of nitrogens with two attached hydrogens (primary N) is 1. The first-order chi connectivity index (χ1) is 9.04. The molecule has 0 aliphatic carbocycles. The molecule has 0 saturated carbocycles. The molecule has 0 radical (unpaired) electrons. The molecule has 0 saturated heterocycles. The van der Waals surface area contributed by atoms with E-state index in [0.29, 0.717) is 0 Å². The maximum atomic E-state index is 10.8. The molecule has 0 spiro atoms. The highest BCUT2D eigenvalue weighted by atomic mass is 16.3. The molecule has 1 aromatic carbocycles. The summed E-state index contributed by atoms with van der Waals surface area (Å²) in [6, 6.07) is 7.04. The number of anilines is 1. The average Bonchev–Trinajstić information content (AvgIpc) is 2.76. The van der Waals surface area contributed by atoms with Gasteiger partial charge in [-0.25, -0.2) is 0 Å². The zero-order valence-corrected chi connectivity index (χ0v) is 10.6. The van der Waals surface area contributed by atoms with Crippen LogP contribution in [0.2, 0.25) is 0 Å². The summed E-state index contributed by atoms with van der Waals surface area (Å²) >= 11 is 0. The number of primary amides is 1. The minimum absolute atomic E-state index is 0.0619. The number of phenolic OH excluding ortho intramolecular Hbond substituents is 1. The van der Waals surface area contributed by atoms with Crippen molar-refractivity contribution in [2.45, 2.75) is 19.5 Å². The third-order valence-electron chi connectivity index (χ3n) is 2.73. The standard InChI is InChI=1S/C13H16N4O2/c1-9(10-2-4-12(18)5-3-10)16-11-6-15-17(7-11)8-13(14)19/h2-7,9,16,18H,8H2,1H3,(H2,14,19). The lowest BCUT2D eigenvalue weighted by Crippen LogP contribution is -2.18. The molecule has 6 heteroatoms. The molecular formula is C13H16N4O2. The quantitative estimate of drug-likeness (QED) is 0.754. The van der Waals surface area contributed by atoms with E-state index in [1.54, 1.807) is 24.5 Å². The van der Waals surface area contributed by atoms with Crippen LogP contribution in [-0.2, 0) is 11.3 Å². The van der Waals surface area contributed by atoms with E-state index in [1.165, 1.54) is 4.68 Å². The number of carbonyl (C=O) groups is 1. The maximum Gasteiger partial charge on any atom is 0.239 e. The van der Waals surface area contributed by atoms with Crippen molar-refractivity contribution < 1.29 is 9.90 Å². The van der Waals surface area contributed by atoms with Gasteiger partial charge in [0.2, 0.25) is 5.91 Å². The van der Waals surface area contributed by atoms with Crippen LogP contribution in [-0.4, -0.2) is 20.8 Å². The lowest BCUT2D eigenvalue weighted by atomic mass is 10.1. The van der Waals surface area contributed by atoms with Crippen LogP contribution in [0.5, 0.6) is 5.75 Å². The number of benzene rings is 1. The van der Waals surface area contributed by atoms with Crippen LogP contribution in [0.15, 0.2) is 36.7 Å². The van der Waals surface area contributed by atoms with Crippen molar-refractivity contribution in [1.82, 2.24) is 9.78 Å². The van der Waals surface area contributed by atoms with Gasteiger partial charge in [0.1, 0.15) is 12.3 Å². The van der Waals surface area contributed by atoms with Gasteiger partial charge in [-0.3, -0.25) is 9.48 Å². The van der Waals surface area contributed by atoms with Crippen LogP contribution >= 0.6 is 0 Å². The van der Waals surface area contributed by atoms with Crippen LogP contribution < -0.4 is 11.1 Å². The number of hydrogen-bond donors (Lipinski definition) is 3. The number of aromatic hydroxyl groups is 1. The minimum atomic E-state index is -0.429. The van der Waals surface area contributed by atoms with Crippen LogP contribution in [0.3, 0.4) is 0 Å². The first-order valence-electron chi connectivity index (χ1n) is 5.91. The van der Waals surface area contributed by atoms with E-state index in [-0.39, 0.29) is 18.3 Å². The van der Waals surface area contributed by atoms with Gasteiger partial charge in [0.05, 0.1) is 11.9 Å².